The highest BCUT2D eigenvalue weighted by atomic mass is 15.4. The third-order valence-electron chi connectivity index (χ3n) is 2.60. The molecule has 0 saturated heterocycles. The van der Waals surface area contributed by atoms with E-state index in [1.165, 1.54) is 11.0 Å². The van der Waals surface area contributed by atoms with Crippen LogP contribution in [-0.4, -0.2) is 41.7 Å². The molecule has 8 heteroatoms. The molecule has 0 aliphatic carbocycles. The maximum absolute atomic E-state index is 4.39. The second-order valence-corrected chi connectivity index (χ2v) is 4.00. The first kappa shape index (κ1) is 12.2. The van der Waals surface area contributed by atoms with Crippen molar-refractivity contribution in [3.05, 3.63) is 48.6 Å². The highest BCUT2D eigenvalue weighted by molar-refractivity contribution is 5.28. The zero-order valence-corrected chi connectivity index (χ0v) is 10.8. The summed E-state index contributed by atoms with van der Waals surface area (Å²) < 4.78 is 1.50. The lowest BCUT2D eigenvalue weighted by molar-refractivity contribution is 0.774. The molecule has 20 heavy (non-hydrogen) atoms. The van der Waals surface area contributed by atoms with Crippen LogP contribution in [0.4, 0.5) is 5.95 Å². The molecule has 0 radical (unpaired) electrons. The average Bonchev–Trinajstić information content (AvgIpc) is 3.02. The first-order valence-corrected chi connectivity index (χ1v) is 6.02. The molecule has 3 aromatic rings. The van der Waals surface area contributed by atoms with Crippen molar-refractivity contribution in [1.29, 1.82) is 0 Å². The van der Waals surface area contributed by atoms with Gasteiger partial charge in [0.05, 0.1) is 0 Å². The van der Waals surface area contributed by atoms with Crippen LogP contribution < -0.4 is 5.32 Å². The fourth-order valence-electron chi connectivity index (χ4n) is 1.70. The predicted octanol–water partition coefficient (Wildman–Crippen LogP) is 0.480. The van der Waals surface area contributed by atoms with Crippen LogP contribution in [0, 0.1) is 0 Å². The van der Waals surface area contributed by atoms with Gasteiger partial charge in [-0.25, -0.2) is 4.98 Å². The molecular weight excluding hydrogens is 256 g/mol. The van der Waals surface area contributed by atoms with Crippen LogP contribution in [0.1, 0.15) is 11.4 Å². The Labute approximate surface area is 115 Å². The van der Waals surface area contributed by atoms with Gasteiger partial charge in [0.15, 0.2) is 0 Å². The van der Waals surface area contributed by atoms with Crippen molar-refractivity contribution in [1.82, 2.24) is 34.7 Å². The van der Waals surface area contributed by atoms with Crippen LogP contribution in [0.15, 0.2) is 37.2 Å². The number of hydrogen-bond donors (Lipinski definition) is 1. The molecule has 3 aromatic heterocycles. The highest BCUT2D eigenvalue weighted by Gasteiger charge is 2.08. The van der Waals surface area contributed by atoms with Crippen LogP contribution >= 0.6 is 0 Å². The van der Waals surface area contributed by atoms with Gasteiger partial charge in [0.2, 0.25) is 5.95 Å². The number of pyridine rings is 1. The third-order valence-corrected chi connectivity index (χ3v) is 2.60. The van der Waals surface area contributed by atoms with E-state index in [9.17, 15) is 0 Å². The van der Waals surface area contributed by atoms with Crippen LogP contribution in [0.5, 0.6) is 0 Å². The molecule has 0 saturated carbocycles. The predicted molar refractivity (Wildman–Crippen MR) is 71.3 cm³/mol. The second-order valence-electron chi connectivity index (χ2n) is 4.00. The Morgan fingerprint density at radius 1 is 1.20 bits per heavy atom. The van der Waals surface area contributed by atoms with E-state index in [0.717, 1.165) is 5.56 Å². The van der Waals surface area contributed by atoms with Crippen molar-refractivity contribution in [3.8, 4) is 5.95 Å². The molecule has 1 N–H and O–H groups in total. The number of anilines is 1. The molecule has 100 valence electrons. The molecule has 0 spiro atoms. The zero-order valence-electron chi connectivity index (χ0n) is 10.8. The van der Waals surface area contributed by atoms with Crippen LogP contribution in [0.3, 0.4) is 0 Å². The van der Waals surface area contributed by atoms with E-state index >= 15 is 0 Å². The van der Waals surface area contributed by atoms with Crippen molar-refractivity contribution >= 4 is 5.95 Å². The fourth-order valence-corrected chi connectivity index (χ4v) is 1.70. The van der Waals surface area contributed by atoms with Crippen LogP contribution in [-0.2, 0) is 6.42 Å². The minimum absolute atomic E-state index is 0.431. The van der Waals surface area contributed by atoms with E-state index in [1.807, 2.05) is 12.1 Å². The lowest BCUT2D eigenvalue weighted by atomic mass is 10.2. The van der Waals surface area contributed by atoms with Crippen molar-refractivity contribution in [2.75, 3.05) is 12.4 Å². The van der Waals surface area contributed by atoms with Crippen molar-refractivity contribution in [2.24, 2.45) is 0 Å². The topological polar surface area (TPSA) is 94.3 Å². The molecular formula is C12H12N8. The fraction of sp³-hybridized carbons (Fsp3) is 0.167. The highest BCUT2D eigenvalue weighted by Crippen LogP contribution is 2.08. The van der Waals surface area contributed by atoms with E-state index < -0.39 is 0 Å². The van der Waals surface area contributed by atoms with Gasteiger partial charge in [0.25, 0.3) is 5.95 Å². The first-order valence-electron chi connectivity index (χ1n) is 6.02. The smallest absolute Gasteiger partial charge is 0.257 e. The SMILES string of the molecule is CNc1nc(Cc2cccnc2)nc(-n2cncn2)n1. The largest absolute Gasteiger partial charge is 0.357 e. The molecule has 0 aliphatic rings. The van der Waals surface area contributed by atoms with Gasteiger partial charge in [0.1, 0.15) is 18.5 Å². The van der Waals surface area contributed by atoms with Crippen LogP contribution in [0.2, 0.25) is 0 Å². The monoisotopic (exact) mass is 268 g/mol. The summed E-state index contributed by atoms with van der Waals surface area (Å²) >= 11 is 0. The molecule has 0 bridgehead atoms. The number of nitrogens with zero attached hydrogens (tertiary/aromatic N) is 7. The van der Waals surface area contributed by atoms with Gasteiger partial charge < -0.3 is 5.32 Å². The number of aromatic nitrogens is 7. The maximum atomic E-state index is 4.39. The van der Waals surface area contributed by atoms with Gasteiger partial charge in [-0.15, -0.1) is 0 Å². The summed E-state index contributed by atoms with van der Waals surface area (Å²) in [6.07, 6.45) is 7.08. The van der Waals surface area contributed by atoms with Gasteiger partial charge in [-0.3, -0.25) is 4.98 Å². The number of nitrogens with one attached hydrogen (secondary N) is 1. The molecule has 0 unspecified atom stereocenters. The summed E-state index contributed by atoms with van der Waals surface area (Å²) in [6, 6.07) is 3.86. The normalized spacial score (nSPS) is 10.4. The Morgan fingerprint density at radius 3 is 2.85 bits per heavy atom. The minimum Gasteiger partial charge on any atom is -0.357 e. The van der Waals surface area contributed by atoms with E-state index in [4.69, 9.17) is 0 Å². The number of hydrogen-bond acceptors (Lipinski definition) is 7. The Morgan fingerprint density at radius 2 is 2.15 bits per heavy atom. The first-order chi connectivity index (χ1) is 9.85. The Bertz CT molecular complexity index is 680. The standard InChI is InChI=1S/C12H12N8/c1-13-11-17-10(5-9-3-2-4-14-6-9)18-12(19-11)20-8-15-7-16-20/h2-4,6-8H,5H2,1H3,(H,13,17,18,19). The van der Waals surface area contributed by atoms with Gasteiger partial charge in [-0.2, -0.15) is 24.7 Å². The molecule has 0 amide bonds. The lowest BCUT2D eigenvalue weighted by Crippen LogP contribution is -2.10. The summed E-state index contributed by atoms with van der Waals surface area (Å²) in [7, 11) is 1.76. The van der Waals surface area contributed by atoms with Crippen molar-refractivity contribution < 1.29 is 0 Å². The molecule has 0 aliphatic heterocycles. The molecule has 0 atom stereocenters. The van der Waals surface area contributed by atoms with Crippen molar-refractivity contribution in [2.45, 2.75) is 6.42 Å². The van der Waals surface area contributed by atoms with Gasteiger partial charge in [-0.1, -0.05) is 6.07 Å². The van der Waals surface area contributed by atoms with Gasteiger partial charge >= 0.3 is 0 Å². The third kappa shape index (κ3) is 2.58. The minimum atomic E-state index is 0.431. The lowest BCUT2D eigenvalue weighted by Gasteiger charge is -2.06. The van der Waals surface area contributed by atoms with E-state index in [2.05, 4.69) is 35.3 Å². The maximum Gasteiger partial charge on any atom is 0.257 e. The Hall–Kier alpha value is -2.90. The Kier molecular flexibility index (Phi) is 3.27. The summed E-state index contributed by atoms with van der Waals surface area (Å²) in [5.74, 6) is 1.56. The van der Waals surface area contributed by atoms with Gasteiger partial charge in [0, 0.05) is 25.9 Å². The molecule has 0 fully saturated rings. The summed E-state index contributed by atoms with van der Waals surface area (Å²) in [6.45, 7) is 0. The van der Waals surface area contributed by atoms with Crippen molar-refractivity contribution in [3.63, 3.8) is 0 Å². The average molecular weight is 268 g/mol. The quantitative estimate of drug-likeness (QED) is 0.735. The van der Waals surface area contributed by atoms with Gasteiger partial charge in [-0.05, 0) is 11.6 Å². The summed E-state index contributed by atoms with van der Waals surface area (Å²) in [5.41, 5.74) is 1.03. The molecule has 8 nitrogen and oxygen atoms in total. The molecule has 0 aromatic carbocycles. The summed E-state index contributed by atoms with van der Waals surface area (Å²) in [5, 5.41) is 6.94. The second kappa shape index (κ2) is 5.39. The number of rotatable bonds is 4. The van der Waals surface area contributed by atoms with E-state index in [-0.39, 0.29) is 0 Å². The van der Waals surface area contributed by atoms with E-state index in [1.54, 1.807) is 25.8 Å². The molecule has 3 rings (SSSR count). The van der Waals surface area contributed by atoms with Crippen LogP contribution in [0.25, 0.3) is 5.95 Å². The Balaban J connectivity index is 1.96. The zero-order chi connectivity index (χ0) is 13.8. The summed E-state index contributed by atoms with van der Waals surface area (Å²) in [4.78, 5) is 20.9. The van der Waals surface area contributed by atoms with E-state index in [0.29, 0.717) is 24.1 Å². The molecule has 3 heterocycles.